The first-order valence-corrected chi connectivity index (χ1v) is 9.63. The Hall–Kier alpha value is -2.29. The van der Waals surface area contributed by atoms with Gasteiger partial charge in [0.1, 0.15) is 0 Å². The number of benzene rings is 3. The number of halogens is 1. The highest BCUT2D eigenvalue weighted by molar-refractivity contribution is 6.30. The number of aliphatic hydroxyl groups is 1. The second kappa shape index (κ2) is 8.60. The lowest BCUT2D eigenvalue weighted by Crippen LogP contribution is -2.20. The number of rotatable bonds is 6. The summed E-state index contributed by atoms with van der Waals surface area (Å²) in [7, 11) is 0. The average molecular weight is 380 g/mol. The van der Waals surface area contributed by atoms with Gasteiger partial charge in [0.2, 0.25) is 0 Å². The molecule has 3 heteroatoms. The van der Waals surface area contributed by atoms with Crippen molar-refractivity contribution in [3.63, 3.8) is 0 Å². The molecule has 0 aromatic heterocycles. The minimum Gasteiger partial charge on any atom is -0.388 e. The van der Waals surface area contributed by atoms with E-state index >= 15 is 0 Å². The van der Waals surface area contributed by atoms with Gasteiger partial charge in [-0.1, -0.05) is 71.8 Å². The van der Waals surface area contributed by atoms with Gasteiger partial charge in [0.05, 0.1) is 6.10 Å². The van der Waals surface area contributed by atoms with Crippen LogP contribution >= 0.6 is 11.6 Å². The van der Waals surface area contributed by atoms with Crippen LogP contribution in [0.4, 0.5) is 5.69 Å². The summed E-state index contributed by atoms with van der Waals surface area (Å²) < 4.78 is 0. The lowest BCUT2D eigenvalue weighted by molar-refractivity contribution is 0.149. The van der Waals surface area contributed by atoms with Gasteiger partial charge in [0.15, 0.2) is 0 Å². The smallest absolute Gasteiger partial charge is 0.0875 e. The third-order valence-corrected chi connectivity index (χ3v) is 5.25. The van der Waals surface area contributed by atoms with Crippen molar-refractivity contribution >= 4 is 17.3 Å². The molecule has 27 heavy (non-hydrogen) atoms. The van der Waals surface area contributed by atoms with Crippen molar-refractivity contribution in [2.75, 3.05) is 11.9 Å². The normalized spacial score (nSPS) is 13.2. The summed E-state index contributed by atoms with van der Waals surface area (Å²) in [5, 5.41) is 15.4. The van der Waals surface area contributed by atoms with Crippen molar-refractivity contribution < 1.29 is 5.11 Å². The van der Waals surface area contributed by atoms with Gasteiger partial charge in [-0.3, -0.25) is 0 Å². The molecule has 0 heterocycles. The summed E-state index contributed by atoms with van der Waals surface area (Å²) in [5.74, 6) is -0.0764. The van der Waals surface area contributed by atoms with Crippen LogP contribution < -0.4 is 5.32 Å². The third-order valence-electron chi connectivity index (χ3n) is 5.00. The van der Waals surface area contributed by atoms with Crippen LogP contribution in [0.15, 0.2) is 66.7 Å². The van der Waals surface area contributed by atoms with E-state index in [-0.39, 0.29) is 5.92 Å². The first-order valence-electron chi connectivity index (χ1n) is 9.26. The maximum atomic E-state index is 11.1. The fourth-order valence-corrected chi connectivity index (χ4v) is 3.80. The first kappa shape index (κ1) is 19.5. The molecule has 2 unspecified atom stereocenters. The fourth-order valence-electron chi connectivity index (χ4n) is 3.68. The van der Waals surface area contributed by atoms with Crippen LogP contribution in [0.1, 0.15) is 39.8 Å². The topological polar surface area (TPSA) is 32.3 Å². The fraction of sp³-hybridized carbons (Fsp3) is 0.250. The molecule has 3 aromatic rings. The number of anilines is 1. The monoisotopic (exact) mass is 379 g/mol. The van der Waals surface area contributed by atoms with E-state index < -0.39 is 6.10 Å². The molecule has 0 amide bonds. The zero-order valence-corrected chi connectivity index (χ0v) is 16.8. The molecule has 0 fully saturated rings. The summed E-state index contributed by atoms with van der Waals surface area (Å²) in [6.07, 6.45) is -0.622. The number of nitrogens with one attached hydrogen (secondary N) is 1. The van der Waals surface area contributed by atoms with E-state index in [0.717, 1.165) is 16.8 Å². The quantitative estimate of drug-likeness (QED) is 0.534. The Morgan fingerprint density at radius 3 is 2.04 bits per heavy atom. The van der Waals surface area contributed by atoms with E-state index in [0.29, 0.717) is 11.6 Å². The van der Waals surface area contributed by atoms with Gasteiger partial charge in [0, 0.05) is 23.2 Å². The highest BCUT2D eigenvalue weighted by Gasteiger charge is 2.23. The molecule has 0 saturated carbocycles. The van der Waals surface area contributed by atoms with Crippen LogP contribution in [0.3, 0.4) is 0 Å². The van der Waals surface area contributed by atoms with Crippen molar-refractivity contribution in [3.8, 4) is 0 Å². The molecule has 0 aliphatic rings. The molecule has 2 N–H and O–H groups in total. The van der Waals surface area contributed by atoms with Crippen molar-refractivity contribution in [1.82, 2.24) is 0 Å². The van der Waals surface area contributed by atoms with Gasteiger partial charge in [0.25, 0.3) is 0 Å². The molecule has 3 aromatic carbocycles. The lowest BCUT2D eigenvalue weighted by atomic mass is 9.89. The molecular weight excluding hydrogens is 354 g/mol. The molecular formula is C24H26ClNO. The minimum absolute atomic E-state index is 0.0764. The zero-order valence-electron chi connectivity index (χ0n) is 16.0. The van der Waals surface area contributed by atoms with Gasteiger partial charge < -0.3 is 10.4 Å². The van der Waals surface area contributed by atoms with Gasteiger partial charge >= 0.3 is 0 Å². The van der Waals surface area contributed by atoms with Crippen molar-refractivity contribution in [3.05, 3.63) is 99.6 Å². The Morgan fingerprint density at radius 1 is 0.852 bits per heavy atom. The van der Waals surface area contributed by atoms with Crippen LogP contribution in [-0.2, 0) is 0 Å². The minimum atomic E-state index is -0.622. The number of hydrogen-bond acceptors (Lipinski definition) is 2. The van der Waals surface area contributed by atoms with E-state index in [1.807, 2.05) is 42.5 Å². The number of aryl methyl sites for hydroxylation is 3. The second-order valence-electron chi connectivity index (χ2n) is 7.17. The Labute approximate surface area is 166 Å². The van der Waals surface area contributed by atoms with Crippen LogP contribution in [0.25, 0.3) is 0 Å². The average Bonchev–Trinajstić information content (AvgIpc) is 2.65. The van der Waals surface area contributed by atoms with E-state index in [1.165, 1.54) is 16.7 Å². The molecule has 3 rings (SSSR count). The summed E-state index contributed by atoms with van der Waals surface area (Å²) in [4.78, 5) is 0. The van der Waals surface area contributed by atoms with Crippen LogP contribution in [0.5, 0.6) is 0 Å². The highest BCUT2D eigenvalue weighted by atomic mass is 35.5. The summed E-state index contributed by atoms with van der Waals surface area (Å²) in [5.41, 5.74) is 6.82. The summed E-state index contributed by atoms with van der Waals surface area (Å²) >= 11 is 6.01. The standard InChI is InChI=1S/C24H26ClNO/c1-16-13-17(2)23(18(3)14-16)26-15-22(19-7-5-4-6-8-19)24(27)20-9-11-21(25)12-10-20/h4-14,22,24,26-27H,15H2,1-3H3. The largest absolute Gasteiger partial charge is 0.388 e. The van der Waals surface area contributed by atoms with Crippen molar-refractivity contribution in [1.29, 1.82) is 0 Å². The maximum absolute atomic E-state index is 11.1. The molecule has 0 aliphatic carbocycles. The number of aliphatic hydroxyl groups excluding tert-OH is 1. The van der Waals surface area contributed by atoms with E-state index in [2.05, 4.69) is 50.4 Å². The predicted octanol–water partition coefficient (Wildman–Crippen LogP) is 6.19. The Bertz CT molecular complexity index is 867. The first-order chi connectivity index (χ1) is 13.0. The SMILES string of the molecule is Cc1cc(C)c(NCC(c2ccccc2)C(O)c2ccc(Cl)cc2)c(C)c1. The predicted molar refractivity (Wildman–Crippen MR) is 115 cm³/mol. The lowest BCUT2D eigenvalue weighted by Gasteiger charge is -2.26. The number of hydrogen-bond donors (Lipinski definition) is 2. The molecule has 0 aliphatic heterocycles. The van der Waals surface area contributed by atoms with Crippen LogP contribution in [0.2, 0.25) is 5.02 Å². The van der Waals surface area contributed by atoms with Gasteiger partial charge in [-0.15, -0.1) is 0 Å². The van der Waals surface area contributed by atoms with Gasteiger partial charge in [-0.2, -0.15) is 0 Å². The molecule has 0 bridgehead atoms. The third kappa shape index (κ3) is 4.71. The van der Waals surface area contributed by atoms with Crippen LogP contribution in [0, 0.1) is 20.8 Å². The molecule has 0 radical (unpaired) electrons. The van der Waals surface area contributed by atoms with Gasteiger partial charge in [-0.25, -0.2) is 0 Å². The molecule has 2 nitrogen and oxygen atoms in total. The second-order valence-corrected chi connectivity index (χ2v) is 7.60. The van der Waals surface area contributed by atoms with E-state index in [9.17, 15) is 5.11 Å². The Morgan fingerprint density at radius 2 is 1.44 bits per heavy atom. The Balaban J connectivity index is 1.88. The molecule has 140 valence electrons. The van der Waals surface area contributed by atoms with E-state index in [1.54, 1.807) is 0 Å². The van der Waals surface area contributed by atoms with Gasteiger partial charge in [-0.05, 0) is 55.2 Å². The molecule has 2 atom stereocenters. The zero-order chi connectivity index (χ0) is 19.4. The summed E-state index contributed by atoms with van der Waals surface area (Å²) in [6.45, 7) is 6.99. The highest BCUT2D eigenvalue weighted by Crippen LogP contribution is 2.33. The maximum Gasteiger partial charge on any atom is 0.0875 e. The molecule has 0 saturated heterocycles. The Kier molecular flexibility index (Phi) is 6.20. The summed E-state index contributed by atoms with van der Waals surface area (Å²) in [6, 6.07) is 22.0. The van der Waals surface area contributed by atoms with Crippen molar-refractivity contribution in [2.24, 2.45) is 0 Å². The van der Waals surface area contributed by atoms with E-state index in [4.69, 9.17) is 11.6 Å². The van der Waals surface area contributed by atoms with Crippen LogP contribution in [-0.4, -0.2) is 11.7 Å². The molecule has 0 spiro atoms. The van der Waals surface area contributed by atoms with Crippen molar-refractivity contribution in [2.45, 2.75) is 32.8 Å².